The lowest BCUT2D eigenvalue weighted by Gasteiger charge is -2.11. The normalized spacial score (nSPS) is 10.4. The molecule has 2 aromatic carbocycles. The van der Waals surface area contributed by atoms with Crippen molar-refractivity contribution >= 4 is 5.91 Å². The van der Waals surface area contributed by atoms with E-state index in [1.54, 1.807) is 18.2 Å². The number of amides is 1. The maximum atomic E-state index is 13.6. The Labute approximate surface area is 137 Å². The van der Waals surface area contributed by atoms with Gasteiger partial charge < -0.3 is 14.8 Å². The molecular weight excluding hydrogens is 323 g/mol. The van der Waals surface area contributed by atoms with Crippen LogP contribution in [-0.2, 0) is 6.42 Å². The Balaban J connectivity index is 2.07. The molecule has 1 amide bonds. The van der Waals surface area contributed by atoms with Crippen molar-refractivity contribution in [3.05, 3.63) is 58.9 Å². The van der Waals surface area contributed by atoms with Gasteiger partial charge in [0, 0.05) is 6.54 Å². The number of rotatable bonds is 6. The first-order valence-electron chi connectivity index (χ1n) is 7.10. The first-order valence-corrected chi connectivity index (χ1v) is 7.10. The summed E-state index contributed by atoms with van der Waals surface area (Å²) in [5.41, 5.74) is -0.190. The number of benzene rings is 2. The molecule has 24 heavy (non-hydrogen) atoms. The summed E-state index contributed by atoms with van der Waals surface area (Å²) in [7, 11) is 3.02. The average molecular weight is 339 g/mol. The molecule has 0 aliphatic carbocycles. The van der Waals surface area contributed by atoms with Gasteiger partial charge in [-0.05, 0) is 42.3 Å². The van der Waals surface area contributed by atoms with Crippen molar-refractivity contribution in [2.75, 3.05) is 20.8 Å². The second kappa shape index (κ2) is 7.72. The van der Waals surface area contributed by atoms with Crippen LogP contribution in [0.15, 0.2) is 30.3 Å². The molecule has 0 aliphatic heterocycles. The smallest absolute Gasteiger partial charge is 0.257 e. The number of carbonyl (C=O) groups excluding carboxylic acids is 1. The van der Waals surface area contributed by atoms with Gasteiger partial charge >= 0.3 is 0 Å². The van der Waals surface area contributed by atoms with E-state index in [-0.39, 0.29) is 6.54 Å². The molecule has 7 heteroatoms. The zero-order valence-electron chi connectivity index (χ0n) is 13.2. The summed E-state index contributed by atoms with van der Waals surface area (Å²) in [5, 5.41) is 2.36. The molecule has 2 rings (SSSR count). The monoisotopic (exact) mass is 339 g/mol. The fourth-order valence-electron chi connectivity index (χ4n) is 2.21. The van der Waals surface area contributed by atoms with Gasteiger partial charge in [0.25, 0.3) is 5.91 Å². The fourth-order valence-corrected chi connectivity index (χ4v) is 2.21. The number of carbonyl (C=O) groups is 1. The molecule has 0 heterocycles. The van der Waals surface area contributed by atoms with Gasteiger partial charge in [-0.1, -0.05) is 0 Å². The molecule has 1 N–H and O–H groups in total. The highest BCUT2D eigenvalue weighted by Crippen LogP contribution is 2.24. The summed E-state index contributed by atoms with van der Waals surface area (Å²) in [6, 6.07) is 6.50. The van der Waals surface area contributed by atoms with Gasteiger partial charge in [0.15, 0.2) is 11.6 Å². The molecule has 0 fully saturated rings. The molecule has 0 saturated carbocycles. The predicted molar refractivity (Wildman–Crippen MR) is 81.9 cm³/mol. The largest absolute Gasteiger partial charge is 0.497 e. The molecule has 0 saturated heterocycles. The minimum atomic E-state index is -1.51. The van der Waals surface area contributed by atoms with E-state index in [2.05, 4.69) is 5.32 Å². The molecule has 0 spiro atoms. The zero-order chi connectivity index (χ0) is 17.7. The van der Waals surface area contributed by atoms with Crippen molar-refractivity contribution in [2.24, 2.45) is 0 Å². The number of hydrogen-bond acceptors (Lipinski definition) is 3. The van der Waals surface area contributed by atoms with Crippen LogP contribution in [0.3, 0.4) is 0 Å². The van der Waals surface area contributed by atoms with Crippen LogP contribution < -0.4 is 14.8 Å². The molecule has 0 aromatic heterocycles. The molecule has 0 radical (unpaired) electrons. The second-order valence-corrected chi connectivity index (χ2v) is 4.90. The summed E-state index contributed by atoms with van der Waals surface area (Å²) in [6.07, 6.45) is 0.338. The molecule has 0 atom stereocenters. The van der Waals surface area contributed by atoms with Crippen LogP contribution in [0.1, 0.15) is 15.9 Å². The lowest BCUT2D eigenvalue weighted by atomic mass is 10.1. The van der Waals surface area contributed by atoms with Crippen LogP contribution in [0.5, 0.6) is 11.5 Å². The highest BCUT2D eigenvalue weighted by molar-refractivity contribution is 5.94. The van der Waals surface area contributed by atoms with Gasteiger partial charge in [-0.15, -0.1) is 0 Å². The third-order valence-corrected chi connectivity index (χ3v) is 3.44. The second-order valence-electron chi connectivity index (χ2n) is 4.90. The quantitative estimate of drug-likeness (QED) is 0.823. The van der Waals surface area contributed by atoms with Crippen LogP contribution in [0.25, 0.3) is 0 Å². The summed E-state index contributed by atoms with van der Waals surface area (Å²) in [6.45, 7) is 0.0811. The van der Waals surface area contributed by atoms with Crippen molar-refractivity contribution in [3.63, 3.8) is 0 Å². The number of halogens is 3. The van der Waals surface area contributed by atoms with Gasteiger partial charge in [-0.2, -0.15) is 0 Å². The van der Waals surface area contributed by atoms with E-state index in [0.717, 1.165) is 5.56 Å². The van der Waals surface area contributed by atoms with Crippen LogP contribution in [0.2, 0.25) is 0 Å². The van der Waals surface area contributed by atoms with Gasteiger partial charge in [-0.25, -0.2) is 13.2 Å². The maximum Gasteiger partial charge on any atom is 0.257 e. The number of hydrogen-bond donors (Lipinski definition) is 1. The summed E-state index contributed by atoms with van der Waals surface area (Å²) < 4.78 is 50.6. The Hall–Kier alpha value is -2.70. The summed E-state index contributed by atoms with van der Waals surface area (Å²) in [4.78, 5) is 11.9. The number of nitrogens with one attached hydrogen (secondary N) is 1. The molecule has 0 aliphatic rings. The van der Waals surface area contributed by atoms with Crippen molar-refractivity contribution in [2.45, 2.75) is 6.42 Å². The molecule has 4 nitrogen and oxygen atoms in total. The Morgan fingerprint density at radius 2 is 1.75 bits per heavy atom. The van der Waals surface area contributed by atoms with Gasteiger partial charge in [0.05, 0.1) is 14.2 Å². The van der Waals surface area contributed by atoms with E-state index in [1.807, 2.05) is 0 Å². The van der Waals surface area contributed by atoms with Crippen molar-refractivity contribution in [3.8, 4) is 11.5 Å². The molecule has 2 aromatic rings. The van der Waals surface area contributed by atoms with Crippen LogP contribution >= 0.6 is 0 Å². The minimum Gasteiger partial charge on any atom is -0.497 e. The average Bonchev–Trinajstić information content (AvgIpc) is 2.58. The fraction of sp³-hybridized carbons (Fsp3) is 0.235. The maximum absolute atomic E-state index is 13.6. The van der Waals surface area contributed by atoms with E-state index in [4.69, 9.17) is 9.47 Å². The molecule has 128 valence electrons. The van der Waals surface area contributed by atoms with Crippen LogP contribution in [0, 0.1) is 17.5 Å². The first-order chi connectivity index (χ1) is 11.5. The highest BCUT2D eigenvalue weighted by Gasteiger charge is 2.20. The molecular formula is C17H16F3NO3. The molecule has 0 bridgehead atoms. The van der Waals surface area contributed by atoms with E-state index in [9.17, 15) is 18.0 Å². The molecule has 0 unspecified atom stereocenters. The third-order valence-electron chi connectivity index (χ3n) is 3.44. The number of methoxy groups -OCH3 is 2. The van der Waals surface area contributed by atoms with Crippen molar-refractivity contribution < 1.29 is 27.4 Å². The van der Waals surface area contributed by atoms with Crippen molar-refractivity contribution in [1.29, 1.82) is 0 Å². The van der Waals surface area contributed by atoms with Gasteiger partial charge in [0.1, 0.15) is 22.9 Å². The van der Waals surface area contributed by atoms with Crippen LogP contribution in [0.4, 0.5) is 13.2 Å². The SMILES string of the molecule is COc1ccc(OC)c(CCNC(=O)c2c(F)ccc(F)c2F)c1. The third kappa shape index (κ3) is 3.79. The minimum absolute atomic E-state index is 0.0811. The predicted octanol–water partition coefficient (Wildman–Crippen LogP) is 3.09. The Bertz CT molecular complexity index is 750. The van der Waals surface area contributed by atoms with Crippen LogP contribution in [-0.4, -0.2) is 26.7 Å². The summed E-state index contributed by atoms with van der Waals surface area (Å²) in [5.74, 6) is -3.73. The number of ether oxygens (including phenoxy) is 2. The Morgan fingerprint density at radius 1 is 1.04 bits per heavy atom. The lowest BCUT2D eigenvalue weighted by Crippen LogP contribution is -2.28. The first kappa shape index (κ1) is 17.7. The van der Waals surface area contributed by atoms with E-state index in [0.29, 0.717) is 30.1 Å². The Kier molecular flexibility index (Phi) is 5.68. The standard InChI is InChI=1S/C17H16F3NO3/c1-23-11-3-6-14(24-2)10(9-11)7-8-21-17(22)15-12(18)4-5-13(19)16(15)20/h3-6,9H,7-8H2,1-2H3,(H,21,22). The van der Waals surface area contributed by atoms with Gasteiger partial charge in [0.2, 0.25) is 0 Å². The van der Waals surface area contributed by atoms with Crippen molar-refractivity contribution in [1.82, 2.24) is 5.32 Å². The lowest BCUT2D eigenvalue weighted by molar-refractivity contribution is 0.0944. The van der Waals surface area contributed by atoms with E-state index < -0.39 is 28.9 Å². The van der Waals surface area contributed by atoms with E-state index in [1.165, 1.54) is 14.2 Å². The Morgan fingerprint density at radius 3 is 2.42 bits per heavy atom. The summed E-state index contributed by atoms with van der Waals surface area (Å²) >= 11 is 0. The van der Waals surface area contributed by atoms with E-state index >= 15 is 0 Å². The topological polar surface area (TPSA) is 47.6 Å². The highest BCUT2D eigenvalue weighted by atomic mass is 19.2. The van der Waals surface area contributed by atoms with Gasteiger partial charge in [-0.3, -0.25) is 4.79 Å². The zero-order valence-corrected chi connectivity index (χ0v) is 13.2.